The standard InChI is InChI=1S/C14H12FN3O3/c15-12-7-10(1-2-11(12)13(19)20)18-14(21)17-8-9-3-5-16-6-4-9/h1-7H,8H2,(H,19,20)(H2,17,18,21). The fourth-order valence-electron chi connectivity index (χ4n) is 1.62. The second kappa shape index (κ2) is 6.47. The third-order valence-corrected chi connectivity index (χ3v) is 2.66. The minimum atomic E-state index is -1.36. The molecule has 2 rings (SSSR count). The number of hydrogen-bond acceptors (Lipinski definition) is 3. The van der Waals surface area contributed by atoms with Gasteiger partial charge in [0.05, 0.1) is 5.56 Å². The van der Waals surface area contributed by atoms with Gasteiger partial charge in [-0.25, -0.2) is 14.0 Å². The summed E-state index contributed by atoms with van der Waals surface area (Å²) in [6.45, 7) is 0.296. The van der Waals surface area contributed by atoms with Gasteiger partial charge in [-0.2, -0.15) is 0 Å². The molecule has 2 aromatic rings. The van der Waals surface area contributed by atoms with Crippen LogP contribution in [0.5, 0.6) is 0 Å². The van der Waals surface area contributed by atoms with Gasteiger partial charge in [0.25, 0.3) is 0 Å². The molecule has 3 N–H and O–H groups in total. The van der Waals surface area contributed by atoms with Gasteiger partial charge in [0.2, 0.25) is 0 Å². The molecule has 0 saturated carbocycles. The van der Waals surface area contributed by atoms with E-state index in [9.17, 15) is 14.0 Å². The van der Waals surface area contributed by atoms with Gasteiger partial charge >= 0.3 is 12.0 Å². The van der Waals surface area contributed by atoms with Crippen LogP contribution in [0.15, 0.2) is 42.7 Å². The molecule has 0 aliphatic rings. The van der Waals surface area contributed by atoms with E-state index in [0.29, 0.717) is 6.54 Å². The Morgan fingerprint density at radius 2 is 1.90 bits per heavy atom. The highest BCUT2D eigenvalue weighted by Crippen LogP contribution is 2.14. The molecule has 6 nitrogen and oxygen atoms in total. The van der Waals surface area contributed by atoms with Crippen LogP contribution >= 0.6 is 0 Å². The number of pyridine rings is 1. The first-order valence-corrected chi connectivity index (χ1v) is 6.03. The molecule has 0 spiro atoms. The van der Waals surface area contributed by atoms with E-state index in [2.05, 4.69) is 15.6 Å². The highest BCUT2D eigenvalue weighted by atomic mass is 19.1. The lowest BCUT2D eigenvalue weighted by Crippen LogP contribution is -2.28. The first-order valence-electron chi connectivity index (χ1n) is 6.03. The number of carbonyl (C=O) groups is 2. The van der Waals surface area contributed by atoms with E-state index in [4.69, 9.17) is 5.11 Å². The summed E-state index contributed by atoms with van der Waals surface area (Å²) in [7, 11) is 0. The topological polar surface area (TPSA) is 91.3 Å². The Bertz CT molecular complexity index is 662. The summed E-state index contributed by atoms with van der Waals surface area (Å²) in [4.78, 5) is 26.2. The molecule has 0 radical (unpaired) electrons. The monoisotopic (exact) mass is 289 g/mol. The number of aromatic nitrogens is 1. The number of halogens is 1. The van der Waals surface area contributed by atoms with Crippen molar-refractivity contribution < 1.29 is 19.1 Å². The zero-order valence-corrected chi connectivity index (χ0v) is 10.8. The first-order chi connectivity index (χ1) is 10.1. The zero-order chi connectivity index (χ0) is 15.2. The van der Waals surface area contributed by atoms with Gasteiger partial charge in [0, 0.05) is 24.6 Å². The number of rotatable bonds is 4. The van der Waals surface area contributed by atoms with Crippen LogP contribution in [0.1, 0.15) is 15.9 Å². The number of amides is 2. The Morgan fingerprint density at radius 1 is 1.19 bits per heavy atom. The van der Waals surface area contributed by atoms with Gasteiger partial charge in [-0.1, -0.05) is 0 Å². The number of aromatic carboxylic acids is 1. The Balaban J connectivity index is 1.94. The summed E-state index contributed by atoms with van der Waals surface area (Å²) in [6.07, 6.45) is 3.21. The highest BCUT2D eigenvalue weighted by molar-refractivity contribution is 5.91. The Hall–Kier alpha value is -2.96. The Labute approximate surface area is 119 Å². The van der Waals surface area contributed by atoms with Crippen LogP contribution in [0.4, 0.5) is 14.9 Å². The number of carbonyl (C=O) groups excluding carboxylic acids is 1. The summed E-state index contributed by atoms with van der Waals surface area (Å²) < 4.78 is 13.4. The summed E-state index contributed by atoms with van der Waals surface area (Å²) in [5.41, 5.74) is 0.593. The molecule has 108 valence electrons. The highest BCUT2D eigenvalue weighted by Gasteiger charge is 2.11. The number of carboxylic acids is 1. The molecule has 0 atom stereocenters. The molecule has 0 bridgehead atoms. The number of anilines is 1. The van der Waals surface area contributed by atoms with Gasteiger partial charge in [0.15, 0.2) is 0 Å². The molecule has 0 aliphatic heterocycles. The quantitative estimate of drug-likeness (QED) is 0.805. The summed E-state index contributed by atoms with van der Waals surface area (Å²) in [6, 6.07) is 6.35. The molecular weight excluding hydrogens is 277 g/mol. The minimum absolute atomic E-state index is 0.171. The van der Waals surface area contributed by atoms with Gasteiger partial charge < -0.3 is 15.7 Å². The lowest BCUT2D eigenvalue weighted by molar-refractivity contribution is 0.0692. The lowest BCUT2D eigenvalue weighted by atomic mass is 10.2. The van der Waals surface area contributed by atoms with Crippen LogP contribution in [0.3, 0.4) is 0 Å². The largest absolute Gasteiger partial charge is 0.478 e. The third-order valence-electron chi connectivity index (χ3n) is 2.66. The molecule has 0 fully saturated rings. The van der Waals surface area contributed by atoms with Crippen molar-refractivity contribution in [3.8, 4) is 0 Å². The Morgan fingerprint density at radius 3 is 2.52 bits per heavy atom. The van der Waals surface area contributed by atoms with E-state index in [0.717, 1.165) is 17.7 Å². The maximum atomic E-state index is 13.4. The molecule has 21 heavy (non-hydrogen) atoms. The number of urea groups is 1. The van der Waals surface area contributed by atoms with Crippen molar-refractivity contribution in [1.82, 2.24) is 10.3 Å². The maximum absolute atomic E-state index is 13.4. The summed E-state index contributed by atoms with van der Waals surface area (Å²) >= 11 is 0. The SMILES string of the molecule is O=C(NCc1ccncc1)Nc1ccc(C(=O)O)c(F)c1. The van der Waals surface area contributed by atoms with Crippen molar-refractivity contribution in [3.05, 3.63) is 59.7 Å². The van der Waals surface area contributed by atoms with Crippen molar-refractivity contribution in [3.63, 3.8) is 0 Å². The molecule has 1 aromatic carbocycles. The molecule has 2 amide bonds. The van der Waals surface area contributed by atoms with Gasteiger partial charge in [-0.3, -0.25) is 4.98 Å². The van der Waals surface area contributed by atoms with Crippen LogP contribution in [0, 0.1) is 5.82 Å². The lowest BCUT2D eigenvalue weighted by Gasteiger charge is -2.08. The van der Waals surface area contributed by atoms with Gasteiger partial charge in [-0.15, -0.1) is 0 Å². The van der Waals surface area contributed by atoms with Crippen LogP contribution in [-0.4, -0.2) is 22.1 Å². The summed E-state index contributed by atoms with van der Waals surface area (Å²) in [5, 5.41) is 13.7. The number of hydrogen-bond donors (Lipinski definition) is 3. The number of benzene rings is 1. The summed E-state index contributed by atoms with van der Waals surface area (Å²) in [5.74, 6) is -2.27. The van der Waals surface area contributed by atoms with Crippen molar-refractivity contribution in [2.45, 2.75) is 6.54 Å². The maximum Gasteiger partial charge on any atom is 0.338 e. The second-order valence-electron chi connectivity index (χ2n) is 4.16. The van der Waals surface area contributed by atoms with Crippen molar-refractivity contribution >= 4 is 17.7 Å². The number of nitrogens with zero attached hydrogens (tertiary/aromatic N) is 1. The van der Waals surface area contributed by atoms with Gasteiger partial charge in [-0.05, 0) is 35.9 Å². The van der Waals surface area contributed by atoms with Crippen LogP contribution in [0.25, 0.3) is 0 Å². The second-order valence-corrected chi connectivity index (χ2v) is 4.16. The van der Waals surface area contributed by atoms with E-state index >= 15 is 0 Å². The molecule has 7 heteroatoms. The smallest absolute Gasteiger partial charge is 0.338 e. The predicted molar refractivity (Wildman–Crippen MR) is 73.5 cm³/mol. The third kappa shape index (κ3) is 4.00. The molecule has 1 aromatic heterocycles. The fourth-order valence-corrected chi connectivity index (χ4v) is 1.62. The average Bonchev–Trinajstić information content (AvgIpc) is 2.46. The van der Waals surface area contributed by atoms with E-state index in [-0.39, 0.29) is 5.69 Å². The fraction of sp³-hybridized carbons (Fsp3) is 0.0714. The van der Waals surface area contributed by atoms with Crippen LogP contribution in [-0.2, 0) is 6.54 Å². The number of carboxylic acid groups (broad SMARTS) is 1. The van der Waals surface area contributed by atoms with Crippen LogP contribution < -0.4 is 10.6 Å². The van der Waals surface area contributed by atoms with Gasteiger partial charge in [0.1, 0.15) is 5.82 Å². The molecular formula is C14H12FN3O3. The van der Waals surface area contributed by atoms with E-state index in [1.165, 1.54) is 6.07 Å². The predicted octanol–water partition coefficient (Wildman–Crippen LogP) is 2.24. The Kier molecular flexibility index (Phi) is 4.45. The van der Waals surface area contributed by atoms with Crippen molar-refractivity contribution in [2.24, 2.45) is 0 Å². The molecule has 0 saturated heterocycles. The normalized spacial score (nSPS) is 9.95. The van der Waals surface area contributed by atoms with Crippen molar-refractivity contribution in [2.75, 3.05) is 5.32 Å². The molecule has 0 aliphatic carbocycles. The van der Waals surface area contributed by atoms with Crippen LogP contribution in [0.2, 0.25) is 0 Å². The number of nitrogens with one attached hydrogen (secondary N) is 2. The minimum Gasteiger partial charge on any atom is -0.478 e. The zero-order valence-electron chi connectivity index (χ0n) is 10.8. The van der Waals surface area contributed by atoms with Crippen molar-refractivity contribution in [1.29, 1.82) is 0 Å². The van der Waals surface area contributed by atoms with E-state index in [1.54, 1.807) is 24.5 Å². The molecule has 0 unspecified atom stereocenters. The first kappa shape index (κ1) is 14.4. The van der Waals surface area contributed by atoms with E-state index < -0.39 is 23.4 Å². The van der Waals surface area contributed by atoms with E-state index in [1.807, 2.05) is 0 Å². The average molecular weight is 289 g/mol. The molecule has 1 heterocycles.